The third-order valence-corrected chi connectivity index (χ3v) is 2.14. The van der Waals surface area contributed by atoms with Crippen LogP contribution in [0.1, 0.15) is 5.56 Å². The van der Waals surface area contributed by atoms with E-state index in [0.29, 0.717) is 5.82 Å². The second kappa shape index (κ2) is 3.18. The molecule has 2 N–H and O–H groups in total. The first-order valence-electron chi connectivity index (χ1n) is 4.41. The molecule has 72 valence electrons. The molecule has 14 heavy (non-hydrogen) atoms. The minimum atomic E-state index is 0.514. The number of ether oxygens (including phenoxy) is 1. The molecule has 1 aromatic heterocycles. The van der Waals surface area contributed by atoms with Crippen molar-refractivity contribution in [3.05, 3.63) is 29.8 Å². The molecule has 2 rings (SSSR count). The average molecular weight is 188 g/mol. The van der Waals surface area contributed by atoms with Crippen LogP contribution in [-0.4, -0.2) is 12.1 Å². The summed E-state index contributed by atoms with van der Waals surface area (Å²) in [5.41, 5.74) is 7.59. The number of anilines is 1. The van der Waals surface area contributed by atoms with E-state index in [0.717, 1.165) is 22.2 Å². The maximum atomic E-state index is 5.62. The molecule has 2 aromatic rings. The largest absolute Gasteiger partial charge is 0.494 e. The standard InChI is InChI=1S/C11H12N2O/c1-7-5-8-3-4-10(12)13-11(8)9(6-7)14-2/h3-6H,1-2H3,(H2,12,13). The summed E-state index contributed by atoms with van der Waals surface area (Å²) in [4.78, 5) is 4.24. The highest BCUT2D eigenvalue weighted by atomic mass is 16.5. The molecule has 1 heterocycles. The van der Waals surface area contributed by atoms with Gasteiger partial charge in [0, 0.05) is 5.39 Å². The van der Waals surface area contributed by atoms with Gasteiger partial charge < -0.3 is 10.5 Å². The first kappa shape index (κ1) is 8.81. The maximum absolute atomic E-state index is 5.62. The van der Waals surface area contributed by atoms with Crippen molar-refractivity contribution in [1.82, 2.24) is 4.98 Å². The zero-order valence-corrected chi connectivity index (χ0v) is 8.24. The Morgan fingerprint density at radius 1 is 1.29 bits per heavy atom. The monoisotopic (exact) mass is 188 g/mol. The van der Waals surface area contributed by atoms with Gasteiger partial charge in [-0.3, -0.25) is 0 Å². The fraction of sp³-hybridized carbons (Fsp3) is 0.182. The second-order valence-corrected chi connectivity index (χ2v) is 3.28. The number of nitrogen functional groups attached to an aromatic ring is 1. The number of benzene rings is 1. The van der Waals surface area contributed by atoms with E-state index in [-0.39, 0.29) is 0 Å². The number of hydrogen-bond donors (Lipinski definition) is 1. The van der Waals surface area contributed by atoms with Gasteiger partial charge in [-0.25, -0.2) is 4.98 Å². The first-order valence-corrected chi connectivity index (χ1v) is 4.41. The SMILES string of the molecule is COc1cc(C)cc2ccc(N)nc12. The highest BCUT2D eigenvalue weighted by molar-refractivity contribution is 5.86. The van der Waals surface area contributed by atoms with Crippen LogP contribution in [0.15, 0.2) is 24.3 Å². The van der Waals surface area contributed by atoms with Gasteiger partial charge in [-0.2, -0.15) is 0 Å². The van der Waals surface area contributed by atoms with Gasteiger partial charge in [0.2, 0.25) is 0 Å². The van der Waals surface area contributed by atoms with Crippen LogP contribution in [0.3, 0.4) is 0 Å². The summed E-state index contributed by atoms with van der Waals surface area (Å²) in [7, 11) is 1.64. The minimum absolute atomic E-state index is 0.514. The molecule has 0 aliphatic rings. The van der Waals surface area contributed by atoms with E-state index < -0.39 is 0 Å². The highest BCUT2D eigenvalue weighted by Crippen LogP contribution is 2.26. The zero-order chi connectivity index (χ0) is 10.1. The second-order valence-electron chi connectivity index (χ2n) is 3.28. The number of aromatic nitrogens is 1. The Morgan fingerprint density at radius 2 is 2.07 bits per heavy atom. The number of pyridine rings is 1. The van der Waals surface area contributed by atoms with Crippen molar-refractivity contribution in [3.63, 3.8) is 0 Å². The summed E-state index contributed by atoms with van der Waals surface area (Å²) in [5.74, 6) is 1.28. The van der Waals surface area contributed by atoms with Crippen LogP contribution in [0, 0.1) is 6.92 Å². The van der Waals surface area contributed by atoms with E-state index >= 15 is 0 Å². The molecule has 0 aliphatic carbocycles. The Labute approximate surface area is 82.5 Å². The third-order valence-electron chi connectivity index (χ3n) is 2.14. The van der Waals surface area contributed by atoms with Gasteiger partial charge in [-0.05, 0) is 36.8 Å². The lowest BCUT2D eigenvalue weighted by atomic mass is 10.1. The molecule has 3 nitrogen and oxygen atoms in total. The quantitative estimate of drug-likeness (QED) is 0.745. The van der Waals surface area contributed by atoms with Crippen LogP contribution in [0.4, 0.5) is 5.82 Å². The number of nitrogens with two attached hydrogens (primary N) is 1. The van der Waals surface area contributed by atoms with Crippen LogP contribution in [0.5, 0.6) is 5.75 Å². The van der Waals surface area contributed by atoms with Crippen molar-refractivity contribution < 1.29 is 4.74 Å². The number of aryl methyl sites for hydroxylation is 1. The number of hydrogen-bond acceptors (Lipinski definition) is 3. The molecule has 0 spiro atoms. The van der Waals surface area contributed by atoms with E-state index in [1.807, 2.05) is 19.1 Å². The topological polar surface area (TPSA) is 48.1 Å². The number of rotatable bonds is 1. The Bertz CT molecular complexity index is 480. The van der Waals surface area contributed by atoms with Crippen molar-refractivity contribution in [2.24, 2.45) is 0 Å². The molecule has 0 atom stereocenters. The van der Waals surface area contributed by atoms with Crippen LogP contribution in [-0.2, 0) is 0 Å². The van der Waals surface area contributed by atoms with E-state index in [4.69, 9.17) is 10.5 Å². The molecule has 0 saturated carbocycles. The summed E-state index contributed by atoms with van der Waals surface area (Å²) >= 11 is 0. The molecule has 0 bridgehead atoms. The van der Waals surface area contributed by atoms with Gasteiger partial charge in [0.25, 0.3) is 0 Å². The van der Waals surface area contributed by atoms with Crippen molar-refractivity contribution >= 4 is 16.7 Å². The van der Waals surface area contributed by atoms with Gasteiger partial charge >= 0.3 is 0 Å². The molecule has 0 aliphatic heterocycles. The summed E-state index contributed by atoms with van der Waals surface area (Å²) in [6.07, 6.45) is 0. The number of fused-ring (bicyclic) bond motifs is 1. The van der Waals surface area contributed by atoms with Gasteiger partial charge in [0.05, 0.1) is 7.11 Å². The van der Waals surface area contributed by atoms with Crippen molar-refractivity contribution in [1.29, 1.82) is 0 Å². The van der Waals surface area contributed by atoms with E-state index in [9.17, 15) is 0 Å². The molecule has 0 amide bonds. The Morgan fingerprint density at radius 3 is 2.79 bits per heavy atom. The Hall–Kier alpha value is -1.77. The van der Waals surface area contributed by atoms with Gasteiger partial charge in [0.1, 0.15) is 17.1 Å². The van der Waals surface area contributed by atoms with E-state index in [2.05, 4.69) is 11.1 Å². The van der Waals surface area contributed by atoms with Crippen molar-refractivity contribution in [2.75, 3.05) is 12.8 Å². The van der Waals surface area contributed by atoms with Crippen LogP contribution < -0.4 is 10.5 Å². The fourth-order valence-corrected chi connectivity index (χ4v) is 1.52. The predicted octanol–water partition coefficient (Wildman–Crippen LogP) is 2.13. The minimum Gasteiger partial charge on any atom is -0.494 e. The molecule has 0 fully saturated rings. The van der Waals surface area contributed by atoms with Crippen LogP contribution >= 0.6 is 0 Å². The highest BCUT2D eigenvalue weighted by Gasteiger charge is 2.04. The summed E-state index contributed by atoms with van der Waals surface area (Å²) in [6.45, 7) is 2.03. The summed E-state index contributed by atoms with van der Waals surface area (Å²) in [5, 5.41) is 1.05. The van der Waals surface area contributed by atoms with Gasteiger partial charge in [-0.15, -0.1) is 0 Å². The number of methoxy groups -OCH3 is 1. The average Bonchev–Trinajstić information content (AvgIpc) is 2.17. The van der Waals surface area contributed by atoms with Crippen molar-refractivity contribution in [2.45, 2.75) is 6.92 Å². The Kier molecular flexibility index (Phi) is 2.00. The molecule has 0 radical (unpaired) electrons. The summed E-state index contributed by atoms with van der Waals surface area (Å²) in [6, 6.07) is 7.76. The molecular formula is C11H12N2O. The molecular weight excluding hydrogens is 176 g/mol. The molecule has 1 aromatic carbocycles. The van der Waals surface area contributed by atoms with Gasteiger partial charge in [0.15, 0.2) is 0 Å². The lowest BCUT2D eigenvalue weighted by Gasteiger charge is -2.06. The molecule has 3 heteroatoms. The maximum Gasteiger partial charge on any atom is 0.145 e. The lowest BCUT2D eigenvalue weighted by Crippen LogP contribution is -1.93. The lowest BCUT2D eigenvalue weighted by molar-refractivity contribution is 0.418. The third kappa shape index (κ3) is 1.37. The smallest absolute Gasteiger partial charge is 0.145 e. The normalized spacial score (nSPS) is 10.4. The number of nitrogens with zero attached hydrogens (tertiary/aromatic N) is 1. The summed E-state index contributed by atoms with van der Waals surface area (Å²) < 4.78 is 5.25. The zero-order valence-electron chi connectivity index (χ0n) is 8.24. The van der Waals surface area contributed by atoms with Gasteiger partial charge in [-0.1, -0.05) is 0 Å². The van der Waals surface area contributed by atoms with Crippen molar-refractivity contribution in [3.8, 4) is 5.75 Å². The predicted molar refractivity (Wildman–Crippen MR) is 57.4 cm³/mol. The Balaban J connectivity index is 2.81. The first-order chi connectivity index (χ1) is 6.70. The van der Waals surface area contributed by atoms with E-state index in [1.54, 1.807) is 13.2 Å². The molecule has 0 unspecified atom stereocenters. The van der Waals surface area contributed by atoms with Crippen LogP contribution in [0.2, 0.25) is 0 Å². The fourth-order valence-electron chi connectivity index (χ4n) is 1.52. The molecule has 0 saturated heterocycles. The van der Waals surface area contributed by atoms with E-state index in [1.165, 1.54) is 0 Å². The van der Waals surface area contributed by atoms with Crippen LogP contribution in [0.25, 0.3) is 10.9 Å².